The third kappa shape index (κ3) is 6.62. The number of fused-ring (bicyclic) bond motifs is 1. The Balaban J connectivity index is 1.28. The third-order valence-electron chi connectivity index (χ3n) is 9.27. The molecule has 0 heterocycles. The van der Waals surface area contributed by atoms with Crippen LogP contribution in [0.2, 0.25) is 5.04 Å². The van der Waals surface area contributed by atoms with Crippen LogP contribution in [0.15, 0.2) is 140 Å². The Hall–Kier alpha value is -4.65. The number of carbonyl (C=O) groups excluding carboxylic acids is 1. The van der Waals surface area contributed by atoms with E-state index in [0.29, 0.717) is 12.8 Å². The molecule has 0 saturated carbocycles. The molecule has 2 atom stereocenters. The lowest BCUT2D eigenvalue weighted by Crippen LogP contribution is -2.69. The molecule has 5 aromatic rings. The van der Waals surface area contributed by atoms with Crippen LogP contribution in [0.25, 0.3) is 0 Å². The minimum Gasteiger partial charge on any atom is -0.534 e. The number of anilines is 2. The minimum absolute atomic E-state index is 0.177. The largest absolute Gasteiger partial charge is 0.534 e. The number of para-hydroxylation sites is 2. The molecule has 2 unspecified atom stereocenters. The van der Waals surface area contributed by atoms with Crippen LogP contribution in [0.3, 0.4) is 0 Å². The van der Waals surface area contributed by atoms with Gasteiger partial charge in [0.1, 0.15) is 5.75 Å². The van der Waals surface area contributed by atoms with E-state index in [9.17, 15) is 9.90 Å². The number of amides is 1. The summed E-state index contributed by atoms with van der Waals surface area (Å²) in [6.45, 7) is 7.02. The number of carbonyl (C=O) groups is 1. The molecule has 6 rings (SSSR count). The molecule has 1 N–H and O–H groups in total. The zero-order valence-corrected chi connectivity index (χ0v) is 28.4. The fourth-order valence-corrected chi connectivity index (χ4v) is 11.5. The molecule has 0 radical (unpaired) electrons. The Bertz CT molecular complexity index is 1680. The second-order valence-electron chi connectivity index (χ2n) is 13.2. The highest BCUT2D eigenvalue weighted by Crippen LogP contribution is 2.43. The molecule has 1 amide bonds. The number of ether oxygens (including phenoxy) is 1. The van der Waals surface area contributed by atoms with Crippen LogP contribution in [0.4, 0.5) is 16.2 Å². The van der Waals surface area contributed by atoms with Crippen molar-refractivity contribution in [2.75, 3.05) is 11.5 Å². The number of aliphatic hydroxyl groups excluding tert-OH is 1. The summed E-state index contributed by atoms with van der Waals surface area (Å²) in [5.74, 6) is 0.696. The number of nitrogens with zero attached hydrogens (tertiary/aromatic N) is 1. The molecular weight excluding hydrogens is 599 g/mol. The van der Waals surface area contributed by atoms with E-state index in [4.69, 9.17) is 9.16 Å². The summed E-state index contributed by atoms with van der Waals surface area (Å²) in [6, 6.07) is 46.6. The zero-order valence-electron chi connectivity index (χ0n) is 27.4. The maximum atomic E-state index is 13.5. The fourth-order valence-electron chi connectivity index (χ4n) is 7.01. The van der Waals surface area contributed by atoms with Crippen LogP contribution in [0.5, 0.6) is 5.75 Å². The average molecular weight is 642 g/mol. The van der Waals surface area contributed by atoms with Crippen molar-refractivity contribution in [2.45, 2.75) is 57.1 Å². The summed E-state index contributed by atoms with van der Waals surface area (Å²) in [4.78, 5) is 15.1. The summed E-state index contributed by atoms with van der Waals surface area (Å²) in [7, 11) is -2.84. The fraction of sp³-hybridized carbons (Fsp3) is 0.244. The van der Waals surface area contributed by atoms with Gasteiger partial charge in [-0.1, -0.05) is 130 Å². The number of aliphatic hydroxyl groups is 1. The number of rotatable bonds is 9. The molecule has 240 valence electrons. The molecule has 1 aliphatic carbocycles. The van der Waals surface area contributed by atoms with E-state index in [2.05, 4.69) is 93.6 Å². The van der Waals surface area contributed by atoms with Crippen LogP contribution in [-0.4, -0.2) is 32.2 Å². The van der Waals surface area contributed by atoms with Gasteiger partial charge in [0.2, 0.25) is 0 Å². The molecule has 0 fully saturated rings. The van der Waals surface area contributed by atoms with Gasteiger partial charge in [-0.15, -0.1) is 0 Å². The second kappa shape index (κ2) is 14.0. The molecule has 5 nitrogen and oxygen atoms in total. The van der Waals surface area contributed by atoms with Crippen molar-refractivity contribution in [1.82, 2.24) is 0 Å². The lowest BCUT2D eigenvalue weighted by atomic mass is 9.79. The maximum Gasteiger partial charge on any atom is 0.418 e. The van der Waals surface area contributed by atoms with E-state index in [1.807, 2.05) is 66.7 Å². The standard InChI is InChI=1S/C41H43NO4Si/c1-41(2,3)47(33-21-12-6-13-22-33,34-23-14-7-15-24-34)46-39-26-16-25-35-36(38(43)28-27-37(35)39)29-30-45-40(44)42(31-17-8-4-9-18-31)32-19-10-5-11-20-32/h4-26,36,38,43H,27-30H2,1-3H3. The van der Waals surface area contributed by atoms with Crippen molar-refractivity contribution in [2.24, 2.45) is 0 Å². The highest BCUT2D eigenvalue weighted by molar-refractivity contribution is 7.00. The lowest BCUT2D eigenvalue weighted by Gasteiger charge is -2.44. The summed E-state index contributed by atoms with van der Waals surface area (Å²) >= 11 is 0. The van der Waals surface area contributed by atoms with Crippen LogP contribution >= 0.6 is 0 Å². The molecule has 47 heavy (non-hydrogen) atoms. The molecular formula is C41H43NO4Si. The first-order chi connectivity index (χ1) is 22.8. The molecule has 0 aliphatic heterocycles. The number of benzene rings is 5. The van der Waals surface area contributed by atoms with E-state index in [1.165, 1.54) is 10.4 Å². The van der Waals surface area contributed by atoms with Crippen molar-refractivity contribution >= 4 is 36.2 Å². The van der Waals surface area contributed by atoms with E-state index in [-0.39, 0.29) is 17.6 Å². The van der Waals surface area contributed by atoms with Crippen molar-refractivity contribution in [3.63, 3.8) is 0 Å². The first-order valence-corrected chi connectivity index (χ1v) is 18.4. The quantitative estimate of drug-likeness (QED) is 0.164. The lowest BCUT2D eigenvalue weighted by molar-refractivity contribution is 0.101. The normalized spacial score (nSPS) is 16.2. The average Bonchev–Trinajstić information content (AvgIpc) is 3.09. The highest BCUT2D eigenvalue weighted by Gasteiger charge is 2.52. The number of hydrogen-bond donors (Lipinski definition) is 1. The van der Waals surface area contributed by atoms with Gasteiger partial charge in [-0.25, -0.2) is 9.69 Å². The first-order valence-electron chi connectivity index (χ1n) is 16.5. The Morgan fingerprint density at radius 1 is 0.745 bits per heavy atom. The van der Waals surface area contributed by atoms with Crippen LogP contribution in [-0.2, 0) is 11.2 Å². The Kier molecular flexibility index (Phi) is 9.62. The van der Waals surface area contributed by atoms with Gasteiger partial charge in [0.05, 0.1) is 24.1 Å². The Labute approximate surface area is 279 Å². The van der Waals surface area contributed by atoms with Gasteiger partial charge >= 0.3 is 14.4 Å². The summed E-state index contributed by atoms with van der Waals surface area (Å²) < 4.78 is 13.4. The maximum absolute atomic E-state index is 13.5. The van der Waals surface area contributed by atoms with Gasteiger partial charge in [0.15, 0.2) is 0 Å². The SMILES string of the molecule is CC(C)(C)[Si](Oc1cccc2c1CCC(O)C2CCOC(=O)N(c1ccccc1)c1ccccc1)(c1ccccc1)c1ccccc1. The monoisotopic (exact) mass is 641 g/mol. The summed E-state index contributed by atoms with van der Waals surface area (Å²) in [5.41, 5.74) is 3.67. The molecule has 0 bridgehead atoms. The second-order valence-corrected chi connectivity index (χ2v) is 17.4. The van der Waals surface area contributed by atoms with E-state index >= 15 is 0 Å². The van der Waals surface area contributed by atoms with Gasteiger partial charge in [-0.05, 0) is 76.1 Å². The van der Waals surface area contributed by atoms with Gasteiger partial charge < -0.3 is 14.3 Å². The van der Waals surface area contributed by atoms with Crippen molar-refractivity contribution in [3.05, 3.63) is 151 Å². The molecule has 6 heteroatoms. The van der Waals surface area contributed by atoms with Gasteiger partial charge in [0.25, 0.3) is 0 Å². The smallest absolute Gasteiger partial charge is 0.418 e. The van der Waals surface area contributed by atoms with E-state index < -0.39 is 20.5 Å². The van der Waals surface area contributed by atoms with Gasteiger partial charge in [-0.3, -0.25) is 0 Å². The zero-order chi connectivity index (χ0) is 32.9. The van der Waals surface area contributed by atoms with E-state index in [0.717, 1.165) is 34.7 Å². The Morgan fingerprint density at radius 3 is 1.77 bits per heavy atom. The number of hydrogen-bond acceptors (Lipinski definition) is 4. The van der Waals surface area contributed by atoms with Crippen molar-refractivity contribution in [1.29, 1.82) is 0 Å². The predicted octanol–water partition coefficient (Wildman–Crippen LogP) is 8.38. The highest BCUT2D eigenvalue weighted by atomic mass is 28.4. The first kappa shape index (κ1) is 32.3. The molecule has 5 aromatic carbocycles. The van der Waals surface area contributed by atoms with Crippen molar-refractivity contribution in [3.8, 4) is 5.75 Å². The third-order valence-corrected chi connectivity index (χ3v) is 14.2. The summed E-state index contributed by atoms with van der Waals surface area (Å²) in [5, 5.41) is 13.5. The van der Waals surface area contributed by atoms with Crippen LogP contribution in [0.1, 0.15) is 50.7 Å². The Morgan fingerprint density at radius 2 is 1.26 bits per heavy atom. The predicted molar refractivity (Wildman–Crippen MR) is 193 cm³/mol. The van der Waals surface area contributed by atoms with Crippen LogP contribution < -0.4 is 19.7 Å². The molecule has 0 aromatic heterocycles. The summed E-state index contributed by atoms with van der Waals surface area (Å²) in [6.07, 6.45) is 0.851. The van der Waals surface area contributed by atoms with Gasteiger partial charge in [-0.2, -0.15) is 0 Å². The van der Waals surface area contributed by atoms with Crippen LogP contribution in [0, 0.1) is 0 Å². The minimum atomic E-state index is -2.84. The molecule has 0 spiro atoms. The molecule has 1 aliphatic rings. The topological polar surface area (TPSA) is 59.0 Å². The van der Waals surface area contributed by atoms with E-state index in [1.54, 1.807) is 4.90 Å². The van der Waals surface area contributed by atoms with Crippen molar-refractivity contribution < 1.29 is 19.1 Å². The van der Waals surface area contributed by atoms with Gasteiger partial charge in [0, 0.05) is 5.92 Å². The molecule has 0 saturated heterocycles.